The molecule has 12 heavy (non-hydrogen) atoms. The molecule has 1 saturated carbocycles. The molecule has 1 rings (SSSR count). The Kier molecular flexibility index (Phi) is 3.87. The first-order valence-corrected chi connectivity index (χ1v) is 4.81. The van der Waals surface area contributed by atoms with Crippen molar-refractivity contribution in [3.8, 4) is 12.3 Å². The summed E-state index contributed by atoms with van der Waals surface area (Å²) < 4.78 is 0. The molecule has 0 heterocycles. The molecular weight excluding hydrogens is 148 g/mol. The molecule has 0 saturated heterocycles. The molecule has 0 aromatic heterocycles. The van der Waals surface area contributed by atoms with E-state index in [1.165, 1.54) is 19.3 Å². The number of carbonyl (C=O) groups is 1. The normalized spacial score (nSPS) is 18.6. The minimum Gasteiger partial charge on any atom is -0.299 e. The number of carbonyl (C=O) groups excluding carboxylic acids is 1. The van der Waals surface area contributed by atoms with Gasteiger partial charge in [0, 0.05) is 18.8 Å². The minimum atomic E-state index is 0.340. The molecule has 1 fully saturated rings. The summed E-state index contributed by atoms with van der Waals surface area (Å²) in [6, 6.07) is 0. The van der Waals surface area contributed by atoms with Crippen molar-refractivity contribution in [2.45, 2.75) is 44.9 Å². The van der Waals surface area contributed by atoms with Crippen LogP contribution in [0.25, 0.3) is 0 Å². The molecule has 0 radical (unpaired) electrons. The van der Waals surface area contributed by atoms with Crippen molar-refractivity contribution in [2.24, 2.45) is 5.92 Å². The van der Waals surface area contributed by atoms with Crippen LogP contribution >= 0.6 is 0 Å². The summed E-state index contributed by atoms with van der Waals surface area (Å²) in [5.74, 6) is 3.25. The lowest BCUT2D eigenvalue weighted by Gasteiger charge is -2.19. The van der Waals surface area contributed by atoms with Crippen LogP contribution in [0.15, 0.2) is 0 Å². The van der Waals surface area contributed by atoms with Gasteiger partial charge in [0.1, 0.15) is 5.78 Å². The van der Waals surface area contributed by atoms with Gasteiger partial charge in [0.2, 0.25) is 0 Å². The Balaban J connectivity index is 2.26. The number of hydrogen-bond acceptors (Lipinski definition) is 1. The van der Waals surface area contributed by atoms with Gasteiger partial charge in [-0.05, 0) is 12.8 Å². The van der Waals surface area contributed by atoms with Crippen molar-refractivity contribution in [2.75, 3.05) is 0 Å². The summed E-state index contributed by atoms with van der Waals surface area (Å²) in [5, 5.41) is 0. The lowest BCUT2D eigenvalue weighted by molar-refractivity contribution is -0.123. The van der Waals surface area contributed by atoms with Gasteiger partial charge in [-0.1, -0.05) is 19.3 Å². The highest BCUT2D eigenvalue weighted by molar-refractivity contribution is 5.81. The molecule has 0 aromatic carbocycles. The van der Waals surface area contributed by atoms with E-state index in [9.17, 15) is 4.79 Å². The Morgan fingerprint density at radius 3 is 2.58 bits per heavy atom. The van der Waals surface area contributed by atoms with Gasteiger partial charge >= 0.3 is 0 Å². The van der Waals surface area contributed by atoms with Gasteiger partial charge in [0.25, 0.3) is 0 Å². The Morgan fingerprint density at radius 2 is 2.00 bits per heavy atom. The van der Waals surface area contributed by atoms with Crippen molar-refractivity contribution in [1.82, 2.24) is 0 Å². The summed E-state index contributed by atoms with van der Waals surface area (Å²) in [6.45, 7) is 0. The molecule has 0 aromatic rings. The number of Topliss-reactive ketones (excluding diaryl/α,β-unsaturated/α-hetero) is 1. The quantitative estimate of drug-likeness (QED) is 0.586. The van der Waals surface area contributed by atoms with Crippen LogP contribution in [0.1, 0.15) is 44.9 Å². The molecule has 0 unspecified atom stereocenters. The molecule has 1 nitrogen and oxygen atoms in total. The lowest BCUT2D eigenvalue weighted by Crippen LogP contribution is -2.17. The maximum atomic E-state index is 11.5. The Hall–Kier alpha value is -0.770. The molecule has 1 heteroatoms. The highest BCUT2D eigenvalue weighted by atomic mass is 16.1. The SMILES string of the molecule is C#CCCC(=O)C1CCCCC1. The molecule has 0 aliphatic heterocycles. The van der Waals surface area contributed by atoms with Crippen molar-refractivity contribution in [3.05, 3.63) is 0 Å². The first-order valence-electron chi connectivity index (χ1n) is 4.81. The summed E-state index contributed by atoms with van der Waals surface area (Å²) in [5.41, 5.74) is 0. The number of terminal acetylenes is 1. The highest BCUT2D eigenvalue weighted by Crippen LogP contribution is 2.25. The fourth-order valence-electron chi connectivity index (χ4n) is 1.82. The summed E-state index contributed by atoms with van der Waals surface area (Å²) >= 11 is 0. The topological polar surface area (TPSA) is 17.1 Å². The zero-order valence-corrected chi connectivity index (χ0v) is 7.51. The Labute approximate surface area is 74.5 Å². The van der Waals surface area contributed by atoms with Gasteiger partial charge in [-0.3, -0.25) is 4.79 Å². The average Bonchev–Trinajstić information content (AvgIpc) is 2.15. The smallest absolute Gasteiger partial charge is 0.136 e. The first kappa shape index (κ1) is 9.32. The van der Waals surface area contributed by atoms with E-state index in [2.05, 4.69) is 5.92 Å². The molecule has 0 N–H and O–H groups in total. The second kappa shape index (κ2) is 4.98. The maximum absolute atomic E-state index is 11.5. The van der Waals surface area contributed by atoms with Gasteiger partial charge in [-0.15, -0.1) is 12.3 Å². The van der Waals surface area contributed by atoms with Crippen LogP contribution in [0.2, 0.25) is 0 Å². The van der Waals surface area contributed by atoms with E-state index >= 15 is 0 Å². The summed E-state index contributed by atoms with van der Waals surface area (Å²) in [4.78, 5) is 11.5. The standard InChI is InChI=1S/C11H16O/c1-2-3-9-11(12)10-7-5-4-6-8-10/h1,10H,3-9H2. The van der Waals surface area contributed by atoms with Crippen LogP contribution < -0.4 is 0 Å². The van der Waals surface area contributed by atoms with E-state index in [1.807, 2.05) is 0 Å². The van der Waals surface area contributed by atoms with Crippen molar-refractivity contribution >= 4 is 5.78 Å². The number of hydrogen-bond donors (Lipinski definition) is 0. The predicted molar refractivity (Wildman–Crippen MR) is 49.6 cm³/mol. The predicted octanol–water partition coefficient (Wildman–Crippen LogP) is 2.55. The van der Waals surface area contributed by atoms with Gasteiger partial charge < -0.3 is 0 Å². The van der Waals surface area contributed by atoms with Gasteiger partial charge in [0.05, 0.1) is 0 Å². The zero-order valence-electron chi connectivity index (χ0n) is 7.51. The molecule has 0 amide bonds. The van der Waals surface area contributed by atoms with Crippen LogP contribution in [-0.4, -0.2) is 5.78 Å². The fraction of sp³-hybridized carbons (Fsp3) is 0.727. The maximum Gasteiger partial charge on any atom is 0.136 e. The van der Waals surface area contributed by atoms with E-state index in [0.717, 1.165) is 12.8 Å². The van der Waals surface area contributed by atoms with E-state index in [4.69, 9.17) is 6.42 Å². The molecule has 0 bridgehead atoms. The highest BCUT2D eigenvalue weighted by Gasteiger charge is 2.19. The molecule has 0 spiro atoms. The van der Waals surface area contributed by atoms with Crippen LogP contribution in [0.3, 0.4) is 0 Å². The van der Waals surface area contributed by atoms with E-state index in [0.29, 0.717) is 24.5 Å². The van der Waals surface area contributed by atoms with E-state index in [1.54, 1.807) is 0 Å². The van der Waals surface area contributed by atoms with Crippen LogP contribution in [0.4, 0.5) is 0 Å². The van der Waals surface area contributed by atoms with Gasteiger partial charge in [-0.2, -0.15) is 0 Å². The zero-order chi connectivity index (χ0) is 8.81. The first-order chi connectivity index (χ1) is 5.84. The summed E-state index contributed by atoms with van der Waals surface area (Å²) in [7, 11) is 0. The number of ketones is 1. The van der Waals surface area contributed by atoms with Crippen LogP contribution in [0.5, 0.6) is 0 Å². The van der Waals surface area contributed by atoms with Gasteiger partial charge in [-0.25, -0.2) is 0 Å². The van der Waals surface area contributed by atoms with Crippen molar-refractivity contribution < 1.29 is 4.79 Å². The molecule has 1 aliphatic carbocycles. The van der Waals surface area contributed by atoms with Crippen LogP contribution in [-0.2, 0) is 4.79 Å². The lowest BCUT2D eigenvalue weighted by atomic mass is 9.85. The average molecular weight is 164 g/mol. The second-order valence-electron chi connectivity index (χ2n) is 3.51. The van der Waals surface area contributed by atoms with E-state index < -0.39 is 0 Å². The molecule has 1 aliphatic rings. The van der Waals surface area contributed by atoms with Crippen LogP contribution in [0, 0.1) is 18.3 Å². The summed E-state index contributed by atoms with van der Waals surface area (Å²) in [6.07, 6.45) is 12.3. The van der Waals surface area contributed by atoms with E-state index in [-0.39, 0.29) is 0 Å². The molecular formula is C11H16O. The van der Waals surface area contributed by atoms with Gasteiger partial charge in [0.15, 0.2) is 0 Å². The second-order valence-corrected chi connectivity index (χ2v) is 3.51. The molecule has 66 valence electrons. The Bertz CT molecular complexity index is 182. The third-order valence-electron chi connectivity index (χ3n) is 2.58. The number of rotatable bonds is 3. The molecule has 0 atom stereocenters. The van der Waals surface area contributed by atoms with Crippen molar-refractivity contribution in [1.29, 1.82) is 0 Å². The Morgan fingerprint density at radius 1 is 1.33 bits per heavy atom. The monoisotopic (exact) mass is 164 g/mol. The third kappa shape index (κ3) is 2.70. The fourth-order valence-corrected chi connectivity index (χ4v) is 1.82. The van der Waals surface area contributed by atoms with Crippen molar-refractivity contribution in [3.63, 3.8) is 0 Å². The third-order valence-corrected chi connectivity index (χ3v) is 2.58. The minimum absolute atomic E-state index is 0.340. The largest absolute Gasteiger partial charge is 0.299 e.